The maximum Gasteiger partial charge on any atom is 0.326 e. The molecule has 2 rings (SSSR count). The molecule has 34 heavy (non-hydrogen) atoms. The number of amides is 3. The first-order valence-corrected chi connectivity index (χ1v) is 11.5. The van der Waals surface area contributed by atoms with Crippen molar-refractivity contribution in [3.8, 4) is 0 Å². The summed E-state index contributed by atoms with van der Waals surface area (Å²) in [6.45, 7) is 3.31. The minimum absolute atomic E-state index is 0.110. The summed E-state index contributed by atoms with van der Waals surface area (Å²) in [6.07, 6.45) is 2.30. The molecule has 4 N–H and O–H groups in total. The highest BCUT2D eigenvalue weighted by molar-refractivity contribution is 5.93. The smallest absolute Gasteiger partial charge is 0.326 e. The van der Waals surface area contributed by atoms with E-state index >= 15 is 0 Å². The zero-order valence-corrected chi connectivity index (χ0v) is 19.6. The van der Waals surface area contributed by atoms with Gasteiger partial charge in [0, 0.05) is 19.8 Å². The zero-order valence-electron chi connectivity index (χ0n) is 19.6. The lowest BCUT2D eigenvalue weighted by Crippen LogP contribution is -2.56. The molecule has 0 bridgehead atoms. The van der Waals surface area contributed by atoms with Gasteiger partial charge in [-0.05, 0) is 17.5 Å². The van der Waals surface area contributed by atoms with E-state index in [1.807, 2.05) is 43.3 Å². The summed E-state index contributed by atoms with van der Waals surface area (Å²) < 4.78 is 0. The molecular weight excluding hydrogens is 434 g/mol. The summed E-state index contributed by atoms with van der Waals surface area (Å²) >= 11 is 0. The van der Waals surface area contributed by atoms with E-state index in [9.17, 15) is 24.3 Å². The number of carbonyl (C=O) groups excluding carboxylic acids is 3. The van der Waals surface area contributed by atoms with Crippen molar-refractivity contribution in [2.75, 3.05) is 0 Å². The van der Waals surface area contributed by atoms with Crippen LogP contribution in [-0.4, -0.2) is 46.9 Å². The summed E-state index contributed by atoms with van der Waals surface area (Å²) in [5.74, 6) is -2.58. The van der Waals surface area contributed by atoms with Crippen molar-refractivity contribution in [2.24, 2.45) is 0 Å². The third-order valence-corrected chi connectivity index (χ3v) is 5.35. The molecule has 8 heteroatoms. The van der Waals surface area contributed by atoms with Gasteiger partial charge in [-0.1, -0.05) is 80.4 Å². The van der Waals surface area contributed by atoms with Gasteiger partial charge in [-0.25, -0.2) is 4.79 Å². The van der Waals surface area contributed by atoms with Gasteiger partial charge < -0.3 is 21.1 Å². The Balaban J connectivity index is 2.20. The van der Waals surface area contributed by atoms with Crippen molar-refractivity contribution in [2.45, 2.75) is 64.1 Å². The predicted octanol–water partition coefficient (Wildman–Crippen LogP) is 2.22. The van der Waals surface area contributed by atoms with E-state index in [1.165, 1.54) is 6.92 Å². The molecule has 0 spiro atoms. The zero-order chi connectivity index (χ0) is 24.9. The van der Waals surface area contributed by atoms with Gasteiger partial charge in [-0.3, -0.25) is 14.4 Å². The summed E-state index contributed by atoms with van der Waals surface area (Å²) in [6, 6.07) is 15.2. The molecule has 8 nitrogen and oxygen atoms in total. The second-order valence-corrected chi connectivity index (χ2v) is 8.24. The standard InChI is InChI=1S/C26H33N3O5/c1-3-4-15-21(27-18(2)30)24(31)28-22(16-19-11-7-5-8-12-19)25(32)29-23(26(33)34)17-20-13-9-6-10-14-20/h5-14,21-23H,3-4,15-17H2,1-2H3,(H,27,30)(H,28,31)(H,29,32)(H,33,34)/t21-,22-,23-/m0/s1. The monoisotopic (exact) mass is 467 g/mol. The van der Waals surface area contributed by atoms with E-state index in [2.05, 4.69) is 16.0 Å². The molecule has 3 amide bonds. The van der Waals surface area contributed by atoms with E-state index in [1.54, 1.807) is 24.3 Å². The van der Waals surface area contributed by atoms with Gasteiger partial charge in [0.05, 0.1) is 0 Å². The molecule has 3 atom stereocenters. The summed E-state index contributed by atoms with van der Waals surface area (Å²) in [5.41, 5.74) is 1.58. The van der Waals surface area contributed by atoms with Crippen LogP contribution in [0, 0.1) is 0 Å². The predicted molar refractivity (Wildman–Crippen MR) is 129 cm³/mol. The quantitative estimate of drug-likeness (QED) is 0.360. The molecule has 0 radical (unpaired) electrons. The Bertz CT molecular complexity index is 949. The Hall–Kier alpha value is -3.68. The normalized spacial score (nSPS) is 13.2. The second kappa shape index (κ2) is 13.8. The van der Waals surface area contributed by atoms with Crippen molar-refractivity contribution in [1.82, 2.24) is 16.0 Å². The Morgan fingerprint density at radius 1 is 0.735 bits per heavy atom. The molecule has 2 aromatic rings. The summed E-state index contributed by atoms with van der Waals surface area (Å²) in [4.78, 5) is 49.6. The molecule has 0 aliphatic carbocycles. The molecule has 0 heterocycles. The third-order valence-electron chi connectivity index (χ3n) is 5.35. The molecule has 0 fully saturated rings. The largest absolute Gasteiger partial charge is 0.480 e. The maximum atomic E-state index is 13.2. The van der Waals surface area contributed by atoms with Gasteiger partial charge in [0.2, 0.25) is 17.7 Å². The highest BCUT2D eigenvalue weighted by Crippen LogP contribution is 2.08. The van der Waals surface area contributed by atoms with Crippen LogP contribution in [0.2, 0.25) is 0 Å². The molecule has 0 aliphatic rings. The number of carboxylic acid groups (broad SMARTS) is 1. The number of hydrogen-bond donors (Lipinski definition) is 4. The van der Waals surface area contributed by atoms with Crippen LogP contribution in [0.3, 0.4) is 0 Å². The Morgan fingerprint density at radius 3 is 1.68 bits per heavy atom. The minimum atomic E-state index is -1.17. The van der Waals surface area contributed by atoms with Crippen molar-refractivity contribution < 1.29 is 24.3 Å². The van der Waals surface area contributed by atoms with E-state index < -0.39 is 35.9 Å². The van der Waals surface area contributed by atoms with Crippen LogP contribution in [0.15, 0.2) is 60.7 Å². The van der Waals surface area contributed by atoms with Crippen LogP contribution < -0.4 is 16.0 Å². The summed E-state index contributed by atoms with van der Waals surface area (Å²) in [7, 11) is 0. The lowest BCUT2D eigenvalue weighted by atomic mass is 10.0. The van der Waals surface area contributed by atoms with Crippen molar-refractivity contribution >= 4 is 23.7 Å². The second-order valence-electron chi connectivity index (χ2n) is 8.24. The number of rotatable bonds is 13. The van der Waals surface area contributed by atoms with Crippen LogP contribution in [0.25, 0.3) is 0 Å². The van der Waals surface area contributed by atoms with Gasteiger partial charge >= 0.3 is 5.97 Å². The molecule has 0 saturated carbocycles. The molecule has 0 unspecified atom stereocenters. The third kappa shape index (κ3) is 9.05. The molecule has 2 aromatic carbocycles. The topological polar surface area (TPSA) is 125 Å². The highest BCUT2D eigenvalue weighted by Gasteiger charge is 2.29. The molecule has 0 saturated heterocycles. The van der Waals surface area contributed by atoms with Crippen LogP contribution in [0.5, 0.6) is 0 Å². The van der Waals surface area contributed by atoms with Crippen molar-refractivity contribution in [1.29, 1.82) is 0 Å². The Morgan fingerprint density at radius 2 is 1.21 bits per heavy atom. The molecule has 182 valence electrons. The van der Waals surface area contributed by atoms with Gasteiger partial charge in [-0.2, -0.15) is 0 Å². The van der Waals surface area contributed by atoms with Crippen LogP contribution in [0.1, 0.15) is 44.2 Å². The number of nitrogens with one attached hydrogen (secondary N) is 3. The van der Waals surface area contributed by atoms with Crippen molar-refractivity contribution in [3.63, 3.8) is 0 Å². The first-order chi connectivity index (χ1) is 16.3. The van der Waals surface area contributed by atoms with E-state index in [0.29, 0.717) is 6.42 Å². The first-order valence-electron chi connectivity index (χ1n) is 11.5. The molecule has 0 aliphatic heterocycles. The number of benzene rings is 2. The fourth-order valence-electron chi connectivity index (χ4n) is 3.58. The lowest BCUT2D eigenvalue weighted by Gasteiger charge is -2.24. The summed E-state index contributed by atoms with van der Waals surface area (Å²) in [5, 5.41) is 17.6. The van der Waals surface area contributed by atoms with Crippen LogP contribution in [-0.2, 0) is 32.0 Å². The average molecular weight is 468 g/mol. The SMILES string of the molecule is CCCC[C@H](NC(C)=O)C(=O)N[C@@H](Cc1ccccc1)C(=O)N[C@@H](Cc1ccccc1)C(=O)O. The average Bonchev–Trinajstić information content (AvgIpc) is 2.81. The first kappa shape index (κ1) is 26.6. The highest BCUT2D eigenvalue weighted by atomic mass is 16.4. The fourth-order valence-corrected chi connectivity index (χ4v) is 3.58. The lowest BCUT2D eigenvalue weighted by molar-refractivity contribution is -0.142. The molecule has 0 aromatic heterocycles. The van der Waals surface area contributed by atoms with Gasteiger partial charge in [0.25, 0.3) is 0 Å². The Kier molecular flexibility index (Phi) is 10.8. The molecular formula is C26H33N3O5. The number of carboxylic acids is 1. The maximum absolute atomic E-state index is 13.2. The number of carbonyl (C=O) groups is 4. The number of unbranched alkanes of at least 4 members (excludes halogenated alkanes) is 1. The number of hydrogen-bond acceptors (Lipinski definition) is 4. The van der Waals surface area contributed by atoms with Crippen LogP contribution >= 0.6 is 0 Å². The van der Waals surface area contributed by atoms with E-state index in [4.69, 9.17) is 0 Å². The van der Waals surface area contributed by atoms with E-state index in [-0.39, 0.29) is 18.7 Å². The number of aliphatic carboxylic acids is 1. The van der Waals surface area contributed by atoms with E-state index in [0.717, 1.165) is 24.0 Å². The fraction of sp³-hybridized carbons (Fsp3) is 0.385. The van der Waals surface area contributed by atoms with Crippen molar-refractivity contribution in [3.05, 3.63) is 71.8 Å². The minimum Gasteiger partial charge on any atom is -0.480 e. The van der Waals surface area contributed by atoms with Gasteiger partial charge in [0.15, 0.2) is 0 Å². The Labute approximate surface area is 200 Å². The van der Waals surface area contributed by atoms with Gasteiger partial charge in [-0.15, -0.1) is 0 Å². The van der Waals surface area contributed by atoms with Crippen LogP contribution in [0.4, 0.5) is 0 Å². The van der Waals surface area contributed by atoms with Gasteiger partial charge in [0.1, 0.15) is 18.1 Å².